The minimum absolute atomic E-state index is 0.325. The van der Waals surface area contributed by atoms with Crippen LogP contribution in [0.25, 0.3) is 10.2 Å². The normalized spacial score (nSPS) is 10.7. The smallest absolute Gasteiger partial charge is 0.232 e. The second-order valence-corrected chi connectivity index (χ2v) is 4.68. The van der Waals surface area contributed by atoms with Gasteiger partial charge < -0.3 is 11.5 Å². The van der Waals surface area contributed by atoms with Crippen LogP contribution in [0.1, 0.15) is 0 Å². The fourth-order valence-corrected chi connectivity index (χ4v) is 2.42. The average molecular weight is 258 g/mol. The van der Waals surface area contributed by atoms with Gasteiger partial charge in [0.05, 0.1) is 10.2 Å². The van der Waals surface area contributed by atoms with Crippen LogP contribution in [0.2, 0.25) is 0 Å². The van der Waals surface area contributed by atoms with E-state index < -0.39 is 0 Å². The summed E-state index contributed by atoms with van der Waals surface area (Å²) >= 11 is 1.52. The van der Waals surface area contributed by atoms with E-state index in [9.17, 15) is 0 Å². The van der Waals surface area contributed by atoms with E-state index in [2.05, 4.69) is 20.3 Å². The summed E-state index contributed by atoms with van der Waals surface area (Å²) in [6.45, 7) is 0. The number of nitrogen functional groups attached to an aromatic ring is 2. The largest absolute Gasteiger partial charge is 0.383 e. The molecule has 0 aliphatic rings. The van der Waals surface area contributed by atoms with Gasteiger partial charge in [-0.3, -0.25) is 5.32 Å². The number of benzene rings is 1. The van der Waals surface area contributed by atoms with Crippen LogP contribution in [0.3, 0.4) is 0 Å². The van der Waals surface area contributed by atoms with Gasteiger partial charge >= 0.3 is 0 Å². The summed E-state index contributed by atoms with van der Waals surface area (Å²) in [7, 11) is 0. The van der Waals surface area contributed by atoms with Crippen molar-refractivity contribution in [3.8, 4) is 0 Å². The molecule has 0 unspecified atom stereocenters. The summed E-state index contributed by atoms with van der Waals surface area (Å²) < 4.78 is 1.09. The third-order valence-corrected chi connectivity index (χ3v) is 3.23. The van der Waals surface area contributed by atoms with Crippen LogP contribution in [-0.2, 0) is 0 Å². The Labute approximate surface area is 107 Å². The van der Waals surface area contributed by atoms with Crippen LogP contribution in [0, 0.1) is 0 Å². The van der Waals surface area contributed by atoms with Gasteiger partial charge in [0.15, 0.2) is 5.13 Å². The van der Waals surface area contributed by atoms with Crippen LogP contribution >= 0.6 is 11.3 Å². The van der Waals surface area contributed by atoms with Gasteiger partial charge in [0.1, 0.15) is 11.6 Å². The van der Waals surface area contributed by atoms with E-state index in [1.165, 1.54) is 17.4 Å². The molecule has 2 aromatic heterocycles. The van der Waals surface area contributed by atoms with Crippen molar-refractivity contribution in [1.82, 2.24) is 15.0 Å². The number of rotatable bonds is 2. The fraction of sp³-hybridized carbons (Fsp3) is 0. The summed E-state index contributed by atoms with van der Waals surface area (Å²) in [4.78, 5) is 12.5. The van der Waals surface area contributed by atoms with E-state index in [1.54, 1.807) is 0 Å². The zero-order valence-corrected chi connectivity index (χ0v) is 10.1. The van der Waals surface area contributed by atoms with Crippen molar-refractivity contribution in [2.24, 2.45) is 0 Å². The maximum absolute atomic E-state index is 5.60. The first kappa shape index (κ1) is 10.7. The van der Waals surface area contributed by atoms with E-state index in [4.69, 9.17) is 11.5 Å². The second kappa shape index (κ2) is 4.11. The van der Waals surface area contributed by atoms with Crippen molar-refractivity contribution >= 4 is 44.3 Å². The lowest BCUT2D eigenvalue weighted by Gasteiger charge is -2.02. The van der Waals surface area contributed by atoms with E-state index >= 15 is 0 Å². The number of anilines is 4. The maximum atomic E-state index is 5.60. The second-order valence-electron chi connectivity index (χ2n) is 3.65. The van der Waals surface area contributed by atoms with Gasteiger partial charge in [-0.05, 0) is 12.1 Å². The Bertz CT molecular complexity index is 654. The van der Waals surface area contributed by atoms with Gasteiger partial charge in [-0.1, -0.05) is 23.5 Å². The molecule has 0 spiro atoms. The number of thiazole rings is 1. The first-order valence-electron chi connectivity index (χ1n) is 5.23. The van der Waals surface area contributed by atoms with Crippen molar-refractivity contribution in [2.45, 2.75) is 0 Å². The summed E-state index contributed by atoms with van der Waals surface area (Å²) in [5, 5.41) is 3.71. The van der Waals surface area contributed by atoms with Crippen molar-refractivity contribution < 1.29 is 0 Å². The summed E-state index contributed by atoms with van der Waals surface area (Å²) in [5.41, 5.74) is 12.1. The molecule has 0 aliphatic heterocycles. The number of para-hydroxylation sites is 1. The molecule has 7 heteroatoms. The highest BCUT2D eigenvalue weighted by Crippen LogP contribution is 2.27. The molecule has 0 aliphatic carbocycles. The van der Waals surface area contributed by atoms with Crippen LogP contribution in [0.15, 0.2) is 30.3 Å². The molecule has 5 N–H and O–H groups in total. The average Bonchev–Trinajstić information content (AvgIpc) is 2.69. The van der Waals surface area contributed by atoms with Crippen molar-refractivity contribution in [2.75, 3.05) is 16.8 Å². The lowest BCUT2D eigenvalue weighted by Crippen LogP contribution is -2.02. The molecule has 6 nitrogen and oxygen atoms in total. The fourth-order valence-electron chi connectivity index (χ4n) is 1.56. The molecule has 18 heavy (non-hydrogen) atoms. The topological polar surface area (TPSA) is 103 Å². The third kappa shape index (κ3) is 2.03. The number of nitrogens with one attached hydrogen (secondary N) is 1. The van der Waals surface area contributed by atoms with E-state index in [0.29, 0.717) is 22.7 Å². The van der Waals surface area contributed by atoms with Crippen LogP contribution in [-0.4, -0.2) is 15.0 Å². The summed E-state index contributed by atoms with van der Waals surface area (Å²) in [6.07, 6.45) is 0. The maximum Gasteiger partial charge on any atom is 0.232 e. The molecule has 0 atom stereocenters. The molecular formula is C11H10N6S. The van der Waals surface area contributed by atoms with Gasteiger partial charge in [0.25, 0.3) is 0 Å². The zero-order chi connectivity index (χ0) is 12.5. The first-order chi connectivity index (χ1) is 8.70. The highest BCUT2D eigenvalue weighted by Gasteiger charge is 2.06. The standard InChI is InChI=1S/C11H10N6S/c12-8-5-9(13)16-10(15-8)17-11-14-6-3-1-2-4-7(6)18-11/h1-5H,(H5,12,13,14,15,16,17). The Kier molecular flexibility index (Phi) is 2.45. The molecule has 2 heterocycles. The number of hydrogen-bond donors (Lipinski definition) is 3. The number of nitrogens with zero attached hydrogens (tertiary/aromatic N) is 3. The minimum atomic E-state index is 0.325. The molecule has 1 aromatic carbocycles. The molecular weight excluding hydrogens is 248 g/mol. The van der Waals surface area contributed by atoms with E-state index in [1.807, 2.05) is 24.3 Å². The molecule has 90 valence electrons. The number of nitrogens with two attached hydrogens (primary N) is 2. The molecule has 0 bridgehead atoms. The predicted octanol–water partition coefficient (Wildman–Crippen LogP) is 1.99. The minimum Gasteiger partial charge on any atom is -0.383 e. The zero-order valence-electron chi connectivity index (χ0n) is 9.29. The SMILES string of the molecule is Nc1cc(N)nc(Nc2nc3ccccc3s2)n1. The Morgan fingerprint density at radius 3 is 2.44 bits per heavy atom. The van der Waals surface area contributed by atoms with Crippen molar-refractivity contribution in [3.63, 3.8) is 0 Å². The molecule has 0 fully saturated rings. The molecule has 3 rings (SSSR count). The highest BCUT2D eigenvalue weighted by atomic mass is 32.1. The first-order valence-corrected chi connectivity index (χ1v) is 6.05. The Hall–Kier alpha value is -2.41. The number of aromatic nitrogens is 3. The number of fused-ring (bicyclic) bond motifs is 1. The Balaban J connectivity index is 1.96. The summed E-state index contributed by atoms with van der Waals surface area (Å²) in [5.74, 6) is 1.00. The molecule has 0 saturated carbocycles. The lowest BCUT2D eigenvalue weighted by molar-refractivity contribution is 1.18. The highest BCUT2D eigenvalue weighted by molar-refractivity contribution is 7.22. The number of hydrogen-bond acceptors (Lipinski definition) is 7. The Morgan fingerprint density at radius 2 is 1.72 bits per heavy atom. The monoisotopic (exact) mass is 258 g/mol. The lowest BCUT2D eigenvalue weighted by atomic mass is 10.3. The molecule has 3 aromatic rings. The van der Waals surface area contributed by atoms with Gasteiger partial charge in [0, 0.05) is 6.07 Å². The van der Waals surface area contributed by atoms with Crippen LogP contribution < -0.4 is 16.8 Å². The molecule has 0 amide bonds. The van der Waals surface area contributed by atoms with Gasteiger partial charge in [-0.15, -0.1) is 0 Å². The summed E-state index contributed by atoms with van der Waals surface area (Å²) in [6, 6.07) is 9.38. The van der Waals surface area contributed by atoms with Crippen molar-refractivity contribution in [1.29, 1.82) is 0 Å². The van der Waals surface area contributed by atoms with Crippen LogP contribution in [0.5, 0.6) is 0 Å². The van der Waals surface area contributed by atoms with Crippen molar-refractivity contribution in [3.05, 3.63) is 30.3 Å². The van der Waals surface area contributed by atoms with E-state index in [-0.39, 0.29) is 0 Å². The van der Waals surface area contributed by atoms with Gasteiger partial charge in [-0.25, -0.2) is 4.98 Å². The van der Waals surface area contributed by atoms with Crippen LogP contribution in [0.4, 0.5) is 22.7 Å². The molecule has 0 saturated heterocycles. The molecule has 0 radical (unpaired) electrons. The Morgan fingerprint density at radius 1 is 1.00 bits per heavy atom. The predicted molar refractivity (Wildman–Crippen MR) is 73.8 cm³/mol. The van der Waals surface area contributed by atoms with Gasteiger partial charge in [0.2, 0.25) is 5.95 Å². The van der Waals surface area contributed by atoms with E-state index in [0.717, 1.165) is 10.2 Å². The quantitative estimate of drug-likeness (QED) is 0.649. The third-order valence-electron chi connectivity index (χ3n) is 2.28. The van der Waals surface area contributed by atoms with Gasteiger partial charge in [-0.2, -0.15) is 9.97 Å².